The maximum Gasteiger partial charge on any atom is 0.321 e. The van der Waals surface area contributed by atoms with Gasteiger partial charge in [-0.1, -0.05) is 12.1 Å². The van der Waals surface area contributed by atoms with Crippen LogP contribution in [-0.4, -0.2) is 161 Å². The van der Waals surface area contributed by atoms with Gasteiger partial charge in [-0.25, -0.2) is 20.1 Å². The highest BCUT2D eigenvalue weighted by Crippen LogP contribution is 2.43. The van der Waals surface area contributed by atoms with Crippen molar-refractivity contribution in [3.05, 3.63) is 371 Å². The molecule has 6 heterocycles. The second-order valence-corrected chi connectivity index (χ2v) is 24.9. The van der Waals surface area contributed by atoms with Crippen molar-refractivity contribution in [2.75, 3.05) is 7.11 Å². The number of ether oxygens (including phenoxy) is 1. The molecule has 50 heteroatoms. The number of aromatic hydroxyl groups is 7. The third-order valence-electron chi connectivity index (χ3n) is 16.6. The summed E-state index contributed by atoms with van der Waals surface area (Å²) in [5, 5.41) is 249. The molecule has 50 nitrogen and oxygen atoms in total. The molecule has 14 N–H and O–H groups in total. The van der Waals surface area contributed by atoms with Gasteiger partial charge in [-0.2, -0.15) is 31.6 Å². The first-order valence-corrected chi connectivity index (χ1v) is 35.4. The number of rotatable bonds is 18. The summed E-state index contributed by atoms with van der Waals surface area (Å²) in [6.45, 7) is 0. The summed E-state index contributed by atoms with van der Waals surface area (Å²) in [4.78, 5) is 117. The summed E-state index contributed by atoms with van der Waals surface area (Å²) in [5.74, 6) is -11.5. The number of benzene rings is 4. The summed E-state index contributed by atoms with van der Waals surface area (Å²) in [5.41, 5.74) is -4.24. The molecular formula is C82H53N21O29. The SMILES string of the molecule is COc1cc(/C(O)=C(\C#N)c2ccccn2)cc([N+](=O)[O-])c1O.N#C/C(=C(/O)c1cc(O)c(O)c([N+](=O)[O-])c1)c1ccccn1.N#C/C(=C(/O)c1cc(O)c(O)c([N+](=O)[O-])c1)c1cnccn1.N#C/C(=C\C1=CC(=O)C(=O)C([N+](=O)[O-])=C1)C1=CNC=CN1O.N#C/C(=C\c1cc(O)c(O)c([N+](=O)[O-])c1)c1ncccn1.N#CC(C=C1C=C(O)C(=O)C([N+](=O)[O-])=C1)=C1C=CN(O)C=C1. The van der Waals surface area contributed by atoms with Gasteiger partial charge in [0.15, 0.2) is 34.6 Å². The third-order valence-corrected chi connectivity index (χ3v) is 16.6. The van der Waals surface area contributed by atoms with E-state index in [1.54, 1.807) is 48.5 Å². The lowest BCUT2D eigenvalue weighted by atomic mass is 9.99. The number of nitrogens with one attached hydrogen (secondary N) is 1. The van der Waals surface area contributed by atoms with E-state index in [-0.39, 0.29) is 101 Å². The molecule has 4 aliphatic rings. The van der Waals surface area contributed by atoms with Crippen LogP contribution in [0.3, 0.4) is 0 Å². The van der Waals surface area contributed by atoms with Crippen molar-refractivity contribution in [2.45, 2.75) is 0 Å². The van der Waals surface area contributed by atoms with Gasteiger partial charge in [0.2, 0.25) is 28.8 Å². The van der Waals surface area contributed by atoms with Gasteiger partial charge in [0, 0.05) is 121 Å². The van der Waals surface area contributed by atoms with Crippen molar-refractivity contribution >= 4 is 85.7 Å². The van der Waals surface area contributed by atoms with Gasteiger partial charge in [0.1, 0.15) is 75.7 Å². The van der Waals surface area contributed by atoms with Crippen LogP contribution < -0.4 is 10.1 Å². The summed E-state index contributed by atoms with van der Waals surface area (Å²) >= 11 is 0. The highest BCUT2D eigenvalue weighted by Gasteiger charge is 2.34. The molecule has 12 rings (SSSR count). The lowest BCUT2D eigenvalue weighted by molar-refractivity contribution is -0.418. The van der Waals surface area contributed by atoms with Crippen LogP contribution in [0.4, 0.5) is 22.7 Å². The number of carbonyl (C=O) groups excluding carboxylic acids is 3. The van der Waals surface area contributed by atoms with Crippen LogP contribution in [0.25, 0.3) is 45.6 Å². The molecule has 0 spiro atoms. The van der Waals surface area contributed by atoms with Gasteiger partial charge in [-0.3, -0.25) is 105 Å². The van der Waals surface area contributed by atoms with Crippen molar-refractivity contribution in [1.82, 2.24) is 45.3 Å². The highest BCUT2D eigenvalue weighted by atomic mass is 16.7. The van der Waals surface area contributed by atoms with Gasteiger partial charge in [0.25, 0.3) is 5.78 Å². The van der Waals surface area contributed by atoms with E-state index in [1.165, 1.54) is 124 Å². The number of allylic oxidation sites excluding steroid dienone is 18. The molecule has 8 aromatic rings. The maximum absolute atomic E-state index is 11.4. The molecule has 2 aliphatic carbocycles. The molecule has 0 saturated heterocycles. The number of hydrogen-bond donors (Lipinski definition) is 14. The average Bonchev–Trinajstić information content (AvgIpc) is 0.799. The van der Waals surface area contributed by atoms with Crippen LogP contribution in [0.2, 0.25) is 0 Å². The van der Waals surface area contributed by atoms with E-state index in [9.17, 15) is 142 Å². The van der Waals surface area contributed by atoms with Crippen molar-refractivity contribution in [3.8, 4) is 82.4 Å². The molecular weight excluding hydrogens is 1740 g/mol. The number of hydroxylamine groups is 4. The Bertz CT molecular complexity index is 6700. The number of aromatic nitrogens is 6. The first-order chi connectivity index (χ1) is 62.8. The van der Waals surface area contributed by atoms with Gasteiger partial charge >= 0.3 is 39.9 Å². The number of carbonyl (C=O) groups is 3. The van der Waals surface area contributed by atoms with E-state index in [0.29, 0.717) is 10.6 Å². The zero-order chi connectivity index (χ0) is 97.5. The number of nitro benzene ring substituents is 4. The second-order valence-electron chi connectivity index (χ2n) is 24.9. The smallest absolute Gasteiger partial charge is 0.321 e. The molecule has 0 radical (unpaired) electrons. The zero-order valence-electron chi connectivity index (χ0n) is 66.1. The Morgan fingerprint density at radius 3 is 1.38 bits per heavy atom. The quantitative estimate of drug-likeness (QED) is 0.00722. The number of phenols is 7. The van der Waals surface area contributed by atoms with E-state index < -0.39 is 144 Å². The number of nitro groups is 6. The Balaban J connectivity index is 0.000000216. The molecule has 2 aliphatic heterocycles. The van der Waals surface area contributed by atoms with E-state index >= 15 is 0 Å². The summed E-state index contributed by atoms with van der Waals surface area (Å²) in [7, 11) is 1.22. The number of Topliss-reactive ketones (excluding diaryl/α,β-unsaturated/α-hetero) is 2. The second kappa shape index (κ2) is 45.0. The molecule has 660 valence electrons. The van der Waals surface area contributed by atoms with Crippen molar-refractivity contribution in [2.24, 2.45) is 0 Å². The Hall–Kier alpha value is -21.3. The number of nitriles is 6. The monoisotopic (exact) mass is 1800 g/mol. The van der Waals surface area contributed by atoms with Crippen molar-refractivity contribution < 1.29 is 115 Å². The predicted octanol–water partition coefficient (Wildman–Crippen LogP) is 10.5. The van der Waals surface area contributed by atoms with Gasteiger partial charge in [0.05, 0.1) is 77.0 Å². The highest BCUT2D eigenvalue weighted by molar-refractivity contribution is 6.47. The Morgan fingerprint density at radius 2 is 0.939 bits per heavy atom. The van der Waals surface area contributed by atoms with Crippen molar-refractivity contribution in [3.63, 3.8) is 0 Å². The normalized spacial score (nSPS) is 13.7. The van der Waals surface area contributed by atoms with E-state index in [0.717, 1.165) is 77.9 Å². The van der Waals surface area contributed by atoms with Gasteiger partial charge in [-0.05, 0) is 119 Å². The zero-order valence-corrected chi connectivity index (χ0v) is 66.1. The average molecular weight is 1800 g/mol. The van der Waals surface area contributed by atoms with Gasteiger partial charge in [-0.15, -0.1) is 0 Å². The predicted molar refractivity (Wildman–Crippen MR) is 446 cm³/mol. The number of phenolic OH excluding ortho intramolecular Hbond substituents is 7. The molecule has 0 unspecified atom stereocenters. The van der Waals surface area contributed by atoms with Crippen LogP contribution in [0.5, 0.6) is 46.0 Å². The van der Waals surface area contributed by atoms with Crippen molar-refractivity contribution in [1.29, 1.82) is 31.6 Å². The Kier molecular flexibility index (Phi) is 33.4. The fourth-order valence-electron chi connectivity index (χ4n) is 10.5. The number of hydrogen-bond acceptors (Lipinski definition) is 44. The molecule has 0 bridgehead atoms. The first-order valence-electron chi connectivity index (χ1n) is 35.4. The molecule has 0 amide bonds. The van der Waals surface area contributed by atoms with E-state index in [1.807, 2.05) is 18.2 Å². The van der Waals surface area contributed by atoms with E-state index in [2.05, 4.69) is 35.2 Å². The lowest BCUT2D eigenvalue weighted by Crippen LogP contribution is -2.23. The molecule has 4 aromatic carbocycles. The molecule has 0 saturated carbocycles. The van der Waals surface area contributed by atoms with E-state index in [4.69, 9.17) is 36.3 Å². The molecule has 0 atom stereocenters. The third kappa shape index (κ3) is 24.8. The number of aliphatic hydroxyl groups excluding tert-OH is 4. The lowest BCUT2D eigenvalue weighted by Gasteiger charge is -2.18. The standard InChI is InChI=1S/C15H11N3O5.2C14H9N3O5.2C13H8N4O5.C13H8N4O4/c1-23-13-7-9(6-12(15(13)20)18(21)22)14(19)10(8-16)11-4-2-3-5-17-11;15-8-11(10-1-3-16(20)4-2-10)5-9-6-12(17(21)22)14(19)13(18)7-9;15-7-9(10-3-1-2-4-16-10)13(19)8-5-11(17(21)22)14(20)12(18)6-8;14-6-9(11-7-15-1-2-16(11)20)3-8-4-10(17(21)22)13(19)12(18)5-8;14-5-8(9-6-15-1-2-16-9)12(19)7-3-10(17(21)22)13(20)11(18)4-7;14-7-9(13-15-2-1-3-16-13)4-8-5-10(17(20)21)12(19)11(18)6-8/h2-7,19-20H,1H3;1-7,18,20H;1-6,18-20H;1-5,7,15,20H;1-4,6,18-20H;1-6,18-19H/b14-10-;;13-9-;9-3+;12-8-;9-4+. The Morgan fingerprint density at radius 1 is 0.477 bits per heavy atom. The Labute approximate surface area is 735 Å². The van der Waals surface area contributed by atoms with Crippen LogP contribution in [-0.2, 0) is 14.4 Å². The topological polar surface area (TPSA) is 821 Å². The summed E-state index contributed by atoms with van der Waals surface area (Å²) in [6.07, 6.45) is 26.7. The largest absolute Gasteiger partial charge is 0.506 e. The fourth-order valence-corrected chi connectivity index (χ4v) is 10.5. The maximum atomic E-state index is 11.4. The number of pyridine rings is 2. The van der Waals surface area contributed by atoms with Crippen LogP contribution in [0.15, 0.2) is 265 Å². The summed E-state index contributed by atoms with van der Waals surface area (Å²) < 4.78 is 4.86. The minimum atomic E-state index is -1.22. The molecule has 0 fully saturated rings. The molecule has 4 aromatic heterocycles. The number of nitrogens with zero attached hydrogens (tertiary/aromatic N) is 20. The summed E-state index contributed by atoms with van der Waals surface area (Å²) in [6, 6.07) is 29.7. The fraction of sp³-hybridized carbons (Fsp3) is 0.0122. The molecule has 132 heavy (non-hydrogen) atoms. The number of aliphatic hydroxyl groups is 4. The minimum Gasteiger partial charge on any atom is -0.506 e. The first kappa shape index (κ1) is 97.8. The van der Waals surface area contributed by atoms with Gasteiger partial charge < -0.3 is 66.2 Å². The van der Waals surface area contributed by atoms with Crippen LogP contribution >= 0.6 is 0 Å². The van der Waals surface area contributed by atoms with Crippen LogP contribution in [0.1, 0.15) is 45.2 Å². The number of methoxy groups -OCH3 is 1. The number of ketones is 3. The minimum absolute atomic E-state index is 0.0108. The van der Waals surface area contributed by atoms with Crippen LogP contribution in [0, 0.1) is 129 Å².